The molecule has 0 spiro atoms. The molecule has 1 unspecified atom stereocenters. The number of aliphatic hydroxyl groups is 1. The Hall–Kier alpha value is -3.91. The highest BCUT2D eigenvalue weighted by Gasteiger charge is 2.30. The molecule has 2 amide bonds. The van der Waals surface area contributed by atoms with Crippen LogP contribution in [0.25, 0.3) is 0 Å². The van der Waals surface area contributed by atoms with Crippen LogP contribution >= 0.6 is 11.6 Å². The topological polar surface area (TPSA) is 131 Å². The second-order valence-electron chi connectivity index (χ2n) is 8.84. The number of rotatable bonds is 8. The maximum absolute atomic E-state index is 13.6. The van der Waals surface area contributed by atoms with Crippen LogP contribution in [0, 0.1) is 18.3 Å². The summed E-state index contributed by atoms with van der Waals surface area (Å²) in [5.74, 6) is -0.693. The van der Waals surface area contributed by atoms with Gasteiger partial charge in [-0.15, -0.1) is 0 Å². The predicted molar refractivity (Wildman–Crippen MR) is 143 cm³/mol. The van der Waals surface area contributed by atoms with E-state index in [1.807, 2.05) is 6.07 Å². The molecule has 0 saturated carbocycles. The van der Waals surface area contributed by atoms with Crippen molar-refractivity contribution < 1.29 is 23.1 Å². The second-order valence-corrected chi connectivity index (χ2v) is 11.1. The van der Waals surface area contributed by atoms with E-state index in [0.717, 1.165) is 9.87 Å². The second kappa shape index (κ2) is 11.2. The van der Waals surface area contributed by atoms with Crippen LogP contribution in [-0.4, -0.2) is 44.5 Å². The van der Waals surface area contributed by atoms with Crippen LogP contribution in [0.2, 0.25) is 5.02 Å². The number of hydrogen-bond donors (Lipinski definition) is 2. The number of carbonyl (C=O) groups is 2. The van der Waals surface area contributed by atoms with E-state index in [9.17, 15) is 23.1 Å². The van der Waals surface area contributed by atoms with E-state index in [0.29, 0.717) is 21.8 Å². The molecular formula is C27H25ClN4O5S. The molecule has 4 rings (SSSR count). The number of nitriles is 1. The summed E-state index contributed by atoms with van der Waals surface area (Å²) in [5, 5.41) is 21.8. The molecule has 9 nitrogen and oxygen atoms in total. The molecule has 11 heteroatoms. The van der Waals surface area contributed by atoms with Gasteiger partial charge in [-0.05, 0) is 66.6 Å². The monoisotopic (exact) mass is 552 g/mol. The van der Waals surface area contributed by atoms with Gasteiger partial charge in [-0.3, -0.25) is 13.9 Å². The van der Waals surface area contributed by atoms with Crippen molar-refractivity contribution in [2.75, 3.05) is 22.3 Å². The predicted octanol–water partition coefficient (Wildman–Crippen LogP) is 3.13. The fourth-order valence-corrected chi connectivity index (χ4v) is 5.76. The Morgan fingerprint density at radius 2 is 1.84 bits per heavy atom. The number of carbonyl (C=O) groups excluding carboxylic acids is 2. The van der Waals surface area contributed by atoms with E-state index in [1.165, 1.54) is 29.2 Å². The van der Waals surface area contributed by atoms with Crippen molar-refractivity contribution in [1.29, 1.82) is 5.26 Å². The van der Waals surface area contributed by atoms with Gasteiger partial charge in [-0.25, -0.2) is 8.42 Å². The summed E-state index contributed by atoms with van der Waals surface area (Å²) >= 11 is 6.25. The Kier molecular flexibility index (Phi) is 8.02. The van der Waals surface area contributed by atoms with Gasteiger partial charge in [-0.1, -0.05) is 29.8 Å². The molecular weight excluding hydrogens is 528 g/mol. The fourth-order valence-electron chi connectivity index (χ4n) is 4.11. The van der Waals surface area contributed by atoms with Crippen LogP contribution in [0.3, 0.4) is 0 Å². The third-order valence-corrected chi connectivity index (χ3v) is 8.39. The highest BCUT2D eigenvalue weighted by molar-refractivity contribution is 7.92. The van der Waals surface area contributed by atoms with Crippen molar-refractivity contribution in [1.82, 2.24) is 5.32 Å². The summed E-state index contributed by atoms with van der Waals surface area (Å²) in [5.41, 5.74) is 2.46. The first-order chi connectivity index (χ1) is 18.1. The van der Waals surface area contributed by atoms with Gasteiger partial charge < -0.3 is 15.3 Å². The molecule has 0 bridgehead atoms. The van der Waals surface area contributed by atoms with Crippen LogP contribution < -0.4 is 14.5 Å². The van der Waals surface area contributed by atoms with E-state index in [4.69, 9.17) is 16.9 Å². The van der Waals surface area contributed by atoms with Crippen molar-refractivity contribution >= 4 is 44.8 Å². The Morgan fingerprint density at radius 3 is 2.45 bits per heavy atom. The maximum atomic E-state index is 13.6. The van der Waals surface area contributed by atoms with Gasteiger partial charge in [0.2, 0.25) is 11.8 Å². The lowest BCUT2D eigenvalue weighted by molar-refractivity contribution is -0.120. The first-order valence-electron chi connectivity index (χ1n) is 11.7. The lowest BCUT2D eigenvalue weighted by atomic mass is 10.2. The van der Waals surface area contributed by atoms with Crippen LogP contribution in [0.5, 0.6) is 0 Å². The van der Waals surface area contributed by atoms with Crippen molar-refractivity contribution in [2.45, 2.75) is 30.9 Å². The van der Waals surface area contributed by atoms with Crippen LogP contribution in [0.4, 0.5) is 11.4 Å². The van der Waals surface area contributed by atoms with Crippen LogP contribution in [0.1, 0.15) is 23.1 Å². The minimum Gasteiger partial charge on any atom is -0.391 e. The minimum atomic E-state index is -4.17. The molecule has 38 heavy (non-hydrogen) atoms. The van der Waals surface area contributed by atoms with Crippen molar-refractivity contribution in [2.24, 2.45) is 0 Å². The summed E-state index contributed by atoms with van der Waals surface area (Å²) in [6.45, 7) is 1.54. The first kappa shape index (κ1) is 27.1. The molecule has 1 aliphatic rings. The van der Waals surface area contributed by atoms with Gasteiger partial charge in [0.15, 0.2) is 0 Å². The van der Waals surface area contributed by atoms with Crippen LogP contribution in [0.15, 0.2) is 71.6 Å². The number of hydrogen-bond acceptors (Lipinski definition) is 6. The zero-order valence-corrected chi connectivity index (χ0v) is 22.0. The smallest absolute Gasteiger partial charge is 0.264 e. The number of amides is 2. The summed E-state index contributed by atoms with van der Waals surface area (Å²) in [4.78, 5) is 26.4. The normalized spacial score (nSPS) is 15.3. The molecule has 0 aromatic heterocycles. The number of aliphatic hydroxyl groups excluding tert-OH is 1. The standard InChI is InChI=1S/C27H25ClN4O5S/c1-18-24(28)3-2-4-25(18)32(38(36,37)23-11-7-19(14-29)8-12-23)17-26(34)30-15-20-5-9-21(10-6-20)31-16-22(33)13-27(31)35/h2-12,22,33H,13,15-17H2,1H3,(H,30,34). The van der Waals surface area contributed by atoms with Crippen molar-refractivity contribution in [3.05, 3.63) is 88.4 Å². The number of sulfonamides is 1. The molecule has 1 fully saturated rings. The van der Waals surface area contributed by atoms with Gasteiger partial charge in [-0.2, -0.15) is 5.26 Å². The zero-order chi connectivity index (χ0) is 27.4. The van der Waals surface area contributed by atoms with E-state index in [2.05, 4.69) is 5.32 Å². The Balaban J connectivity index is 1.52. The van der Waals surface area contributed by atoms with Crippen LogP contribution in [-0.2, 0) is 26.2 Å². The summed E-state index contributed by atoms with van der Waals surface area (Å²) in [6.07, 6.45) is -0.598. The molecule has 3 aromatic carbocycles. The Bertz CT molecular complexity index is 1500. The number of benzene rings is 3. The largest absolute Gasteiger partial charge is 0.391 e. The molecule has 1 atom stereocenters. The summed E-state index contributed by atoms with van der Waals surface area (Å²) < 4.78 is 28.2. The van der Waals surface area contributed by atoms with E-state index in [-0.39, 0.29) is 36.0 Å². The number of β-amino-alcohol motifs (C(OH)–C–C–N with tert-alkyl or cyclic N) is 1. The lowest BCUT2D eigenvalue weighted by Crippen LogP contribution is -2.41. The lowest BCUT2D eigenvalue weighted by Gasteiger charge is -2.26. The molecule has 1 aliphatic heterocycles. The number of anilines is 2. The summed E-state index contributed by atoms with van der Waals surface area (Å²) in [6, 6.07) is 19.2. The molecule has 1 heterocycles. The third kappa shape index (κ3) is 5.81. The first-order valence-corrected chi connectivity index (χ1v) is 13.5. The Labute approximate surface area is 225 Å². The SMILES string of the molecule is Cc1c(Cl)cccc1N(CC(=O)NCc1ccc(N2CC(O)CC2=O)cc1)S(=O)(=O)c1ccc(C#N)cc1. The van der Waals surface area contributed by atoms with Crippen molar-refractivity contribution in [3.8, 4) is 6.07 Å². The fraction of sp³-hybridized carbons (Fsp3) is 0.222. The highest BCUT2D eigenvalue weighted by Crippen LogP contribution is 2.31. The quantitative estimate of drug-likeness (QED) is 0.441. The van der Waals surface area contributed by atoms with Gasteiger partial charge in [0, 0.05) is 17.3 Å². The molecule has 0 radical (unpaired) electrons. The van der Waals surface area contributed by atoms with Gasteiger partial charge in [0.1, 0.15) is 6.54 Å². The zero-order valence-electron chi connectivity index (χ0n) is 20.5. The average molecular weight is 553 g/mol. The van der Waals surface area contributed by atoms with Crippen molar-refractivity contribution in [3.63, 3.8) is 0 Å². The molecule has 2 N–H and O–H groups in total. The number of halogens is 1. The van der Waals surface area contributed by atoms with Gasteiger partial charge in [0.05, 0.1) is 41.3 Å². The maximum Gasteiger partial charge on any atom is 0.264 e. The molecule has 1 saturated heterocycles. The number of nitrogens with one attached hydrogen (secondary N) is 1. The van der Waals surface area contributed by atoms with Gasteiger partial charge in [0.25, 0.3) is 10.0 Å². The average Bonchev–Trinajstić information content (AvgIpc) is 3.25. The third-order valence-electron chi connectivity index (χ3n) is 6.21. The molecule has 3 aromatic rings. The molecule has 0 aliphatic carbocycles. The highest BCUT2D eigenvalue weighted by atomic mass is 35.5. The molecule has 196 valence electrons. The number of nitrogens with zero attached hydrogens (tertiary/aromatic N) is 3. The van der Waals surface area contributed by atoms with E-state index >= 15 is 0 Å². The van der Waals surface area contributed by atoms with Gasteiger partial charge >= 0.3 is 0 Å². The minimum absolute atomic E-state index is 0.0687. The van der Waals surface area contributed by atoms with E-state index < -0.39 is 28.6 Å². The Morgan fingerprint density at radius 1 is 1.16 bits per heavy atom. The van der Waals surface area contributed by atoms with E-state index in [1.54, 1.807) is 49.4 Å². The summed E-state index contributed by atoms with van der Waals surface area (Å²) in [7, 11) is -4.17.